The summed E-state index contributed by atoms with van der Waals surface area (Å²) in [5.41, 5.74) is 3.34. The number of aliphatic imine (C=N–C) groups is 1. The molecular weight excluding hydrogens is 414 g/mol. The zero-order valence-corrected chi connectivity index (χ0v) is 19.1. The van der Waals surface area contributed by atoms with Gasteiger partial charge in [-0.15, -0.1) is 0 Å². The zero-order chi connectivity index (χ0) is 23.0. The Bertz CT molecular complexity index is 1100. The summed E-state index contributed by atoms with van der Waals surface area (Å²) in [7, 11) is 3.51. The summed E-state index contributed by atoms with van der Waals surface area (Å²) in [5.74, 6) is 1.91. The highest BCUT2D eigenvalue weighted by atomic mass is 16.5. The van der Waals surface area contributed by atoms with Gasteiger partial charge < -0.3 is 15.0 Å². The summed E-state index contributed by atoms with van der Waals surface area (Å²) < 4.78 is 5.20. The normalized spacial score (nSPS) is 15.2. The second-order valence-electron chi connectivity index (χ2n) is 8.22. The molecule has 2 aromatic carbocycles. The lowest BCUT2D eigenvalue weighted by atomic mass is 9.96. The molecule has 0 saturated heterocycles. The van der Waals surface area contributed by atoms with Crippen molar-refractivity contribution in [1.29, 1.82) is 0 Å². The van der Waals surface area contributed by atoms with Gasteiger partial charge in [0.15, 0.2) is 0 Å². The van der Waals surface area contributed by atoms with Gasteiger partial charge in [-0.05, 0) is 67.3 Å². The van der Waals surface area contributed by atoms with Gasteiger partial charge in [-0.1, -0.05) is 18.2 Å². The number of aromatic nitrogens is 2. The quantitative estimate of drug-likeness (QED) is 0.539. The molecule has 3 aromatic rings. The predicted molar refractivity (Wildman–Crippen MR) is 131 cm³/mol. The van der Waals surface area contributed by atoms with Crippen LogP contribution in [0, 0.1) is 5.92 Å². The molecule has 2 heterocycles. The smallest absolute Gasteiger partial charge is 0.253 e. The van der Waals surface area contributed by atoms with Gasteiger partial charge >= 0.3 is 0 Å². The van der Waals surface area contributed by atoms with Crippen LogP contribution in [-0.2, 0) is 0 Å². The van der Waals surface area contributed by atoms with E-state index in [2.05, 4.69) is 20.3 Å². The Morgan fingerprint density at radius 1 is 1.12 bits per heavy atom. The molecule has 33 heavy (non-hydrogen) atoms. The van der Waals surface area contributed by atoms with Crippen LogP contribution < -0.4 is 10.1 Å². The Hall–Kier alpha value is -3.74. The summed E-state index contributed by atoms with van der Waals surface area (Å²) in [6.45, 7) is 1.64. The number of benzene rings is 2. The van der Waals surface area contributed by atoms with Gasteiger partial charge in [-0.2, -0.15) is 0 Å². The first kappa shape index (κ1) is 22.5. The van der Waals surface area contributed by atoms with E-state index in [1.54, 1.807) is 24.4 Å². The molecule has 1 aliphatic rings. The van der Waals surface area contributed by atoms with Crippen molar-refractivity contribution in [1.82, 2.24) is 14.9 Å². The van der Waals surface area contributed by atoms with E-state index in [0.717, 1.165) is 54.9 Å². The molecular formula is C26H29N5O2. The first-order chi connectivity index (χ1) is 16.1. The van der Waals surface area contributed by atoms with Crippen LogP contribution in [-0.4, -0.2) is 54.2 Å². The predicted octanol–water partition coefficient (Wildman–Crippen LogP) is 4.84. The van der Waals surface area contributed by atoms with E-state index < -0.39 is 0 Å². The van der Waals surface area contributed by atoms with Gasteiger partial charge in [0.05, 0.1) is 7.11 Å². The van der Waals surface area contributed by atoms with Crippen molar-refractivity contribution < 1.29 is 9.53 Å². The van der Waals surface area contributed by atoms with Gasteiger partial charge in [-0.3, -0.25) is 9.79 Å². The van der Waals surface area contributed by atoms with Crippen LogP contribution in [0.25, 0.3) is 11.1 Å². The third-order valence-corrected chi connectivity index (χ3v) is 5.89. The minimum atomic E-state index is 0.0129. The third-order valence-electron chi connectivity index (χ3n) is 5.89. The van der Waals surface area contributed by atoms with Crippen molar-refractivity contribution >= 4 is 23.8 Å². The van der Waals surface area contributed by atoms with Crippen LogP contribution in [0.3, 0.4) is 0 Å². The van der Waals surface area contributed by atoms with E-state index in [-0.39, 0.29) is 5.91 Å². The van der Waals surface area contributed by atoms with Crippen LogP contribution in [0.5, 0.6) is 5.75 Å². The molecule has 1 aromatic heterocycles. The average molecular weight is 444 g/mol. The molecule has 0 fully saturated rings. The number of carbonyl (C=O) groups is 1. The van der Waals surface area contributed by atoms with Crippen LogP contribution in [0.1, 0.15) is 29.6 Å². The molecule has 1 unspecified atom stereocenters. The van der Waals surface area contributed by atoms with Crippen molar-refractivity contribution in [2.75, 3.05) is 32.6 Å². The van der Waals surface area contributed by atoms with Gasteiger partial charge in [0.2, 0.25) is 5.95 Å². The zero-order valence-electron chi connectivity index (χ0n) is 19.1. The maximum Gasteiger partial charge on any atom is 0.253 e. The highest BCUT2D eigenvalue weighted by molar-refractivity contribution is 5.95. The molecule has 1 N–H and O–H groups in total. The molecule has 0 radical (unpaired) electrons. The number of hydrogen-bond donors (Lipinski definition) is 1. The lowest BCUT2D eigenvalue weighted by Crippen LogP contribution is -2.29. The van der Waals surface area contributed by atoms with E-state index in [0.29, 0.717) is 17.4 Å². The fourth-order valence-corrected chi connectivity index (χ4v) is 3.83. The van der Waals surface area contributed by atoms with Crippen LogP contribution in [0.15, 0.2) is 65.9 Å². The molecule has 0 spiro atoms. The lowest BCUT2D eigenvalue weighted by Gasteiger charge is -2.22. The Morgan fingerprint density at radius 2 is 1.91 bits per heavy atom. The van der Waals surface area contributed by atoms with E-state index in [9.17, 15) is 4.79 Å². The van der Waals surface area contributed by atoms with Crippen molar-refractivity contribution in [3.05, 3.63) is 66.5 Å². The number of amides is 1. The third kappa shape index (κ3) is 5.94. The minimum Gasteiger partial charge on any atom is -0.497 e. The number of carbonyl (C=O) groups excluding carboxylic acids is 1. The molecule has 0 aliphatic carbocycles. The monoisotopic (exact) mass is 443 g/mol. The lowest BCUT2D eigenvalue weighted by molar-refractivity contribution is 0.0787. The first-order valence-electron chi connectivity index (χ1n) is 11.2. The van der Waals surface area contributed by atoms with Crippen molar-refractivity contribution in [3.63, 3.8) is 0 Å². The van der Waals surface area contributed by atoms with Crippen molar-refractivity contribution in [2.45, 2.75) is 19.3 Å². The van der Waals surface area contributed by atoms with Gasteiger partial charge in [0.1, 0.15) is 5.75 Å². The number of anilines is 2. The largest absolute Gasteiger partial charge is 0.497 e. The van der Waals surface area contributed by atoms with Crippen molar-refractivity contribution in [3.8, 4) is 16.9 Å². The SMILES string of the molecule is COc1ccc(-c2cnc(Nc3cccc(C(=O)N(C)CCC4CC=NCC4)c3)nc2)cc1. The molecule has 1 aliphatic heterocycles. The van der Waals surface area contributed by atoms with Gasteiger partial charge in [0, 0.05) is 49.3 Å². The standard InChI is InChI=1S/C26H29N5O2/c1-31(15-12-19-10-13-27-14-11-19)25(32)21-4-3-5-23(16-21)30-26-28-17-22(18-29-26)20-6-8-24(33-2)9-7-20/h3-9,13,16-19H,10-12,14-15H2,1-2H3,(H,28,29,30). The number of ether oxygens (including phenoxy) is 1. The topological polar surface area (TPSA) is 79.7 Å². The summed E-state index contributed by atoms with van der Waals surface area (Å²) in [6.07, 6.45) is 8.68. The summed E-state index contributed by atoms with van der Waals surface area (Å²) in [6, 6.07) is 15.2. The maximum absolute atomic E-state index is 12.9. The first-order valence-corrected chi connectivity index (χ1v) is 11.2. The summed E-state index contributed by atoms with van der Waals surface area (Å²) in [4.78, 5) is 27.8. The molecule has 7 heteroatoms. The number of hydrogen-bond acceptors (Lipinski definition) is 6. The highest BCUT2D eigenvalue weighted by Crippen LogP contribution is 2.23. The van der Waals surface area contributed by atoms with Crippen molar-refractivity contribution in [2.24, 2.45) is 10.9 Å². The Labute approximate surface area is 194 Å². The fraction of sp³-hybridized carbons (Fsp3) is 0.308. The number of rotatable bonds is 8. The fourth-order valence-electron chi connectivity index (χ4n) is 3.83. The molecule has 0 bridgehead atoms. The summed E-state index contributed by atoms with van der Waals surface area (Å²) in [5, 5.41) is 3.19. The van der Waals surface area contributed by atoms with E-state index in [1.165, 1.54) is 0 Å². The molecule has 7 nitrogen and oxygen atoms in total. The molecule has 1 amide bonds. The highest BCUT2D eigenvalue weighted by Gasteiger charge is 2.16. The molecule has 1 atom stereocenters. The average Bonchev–Trinajstić information content (AvgIpc) is 2.88. The molecule has 4 rings (SSSR count). The van der Waals surface area contributed by atoms with Gasteiger partial charge in [-0.25, -0.2) is 9.97 Å². The second-order valence-corrected chi connectivity index (χ2v) is 8.22. The van der Waals surface area contributed by atoms with E-state index in [4.69, 9.17) is 4.74 Å². The number of nitrogens with one attached hydrogen (secondary N) is 1. The minimum absolute atomic E-state index is 0.0129. The van der Waals surface area contributed by atoms with E-state index in [1.807, 2.05) is 61.8 Å². The second kappa shape index (κ2) is 10.7. The van der Waals surface area contributed by atoms with Crippen LogP contribution in [0.4, 0.5) is 11.6 Å². The van der Waals surface area contributed by atoms with E-state index >= 15 is 0 Å². The number of nitrogens with zero attached hydrogens (tertiary/aromatic N) is 4. The Morgan fingerprint density at radius 3 is 2.61 bits per heavy atom. The maximum atomic E-state index is 12.9. The van der Waals surface area contributed by atoms with Crippen LogP contribution >= 0.6 is 0 Å². The molecule has 170 valence electrons. The Balaban J connectivity index is 1.36. The molecule has 0 saturated carbocycles. The summed E-state index contributed by atoms with van der Waals surface area (Å²) >= 11 is 0. The number of methoxy groups -OCH3 is 1. The van der Waals surface area contributed by atoms with Gasteiger partial charge in [0.25, 0.3) is 5.91 Å². The Kier molecular flexibility index (Phi) is 7.29. The van der Waals surface area contributed by atoms with Crippen LogP contribution in [0.2, 0.25) is 0 Å².